The Labute approximate surface area is 237 Å². The van der Waals surface area contributed by atoms with Crippen LogP contribution in [0.4, 0.5) is 10.1 Å². The zero-order valence-electron chi connectivity index (χ0n) is 22.1. The first-order valence-corrected chi connectivity index (χ1v) is 12.7. The second-order valence-electron chi connectivity index (χ2n) is 9.53. The van der Waals surface area contributed by atoms with Gasteiger partial charge in [0.2, 0.25) is 5.96 Å². The van der Waals surface area contributed by atoms with Crippen LogP contribution in [0.5, 0.6) is 0 Å². The summed E-state index contributed by atoms with van der Waals surface area (Å²) in [5.74, 6) is -2.46. The van der Waals surface area contributed by atoms with E-state index >= 15 is 0 Å². The molecule has 2 aromatic heterocycles. The summed E-state index contributed by atoms with van der Waals surface area (Å²) >= 11 is 0. The summed E-state index contributed by atoms with van der Waals surface area (Å²) in [7, 11) is 0. The normalized spacial score (nSPS) is 16.0. The Morgan fingerprint density at radius 2 is 2.02 bits per heavy atom. The molecule has 2 atom stereocenters. The summed E-state index contributed by atoms with van der Waals surface area (Å²) in [5, 5.41) is 30.8. The van der Waals surface area contributed by atoms with E-state index in [0.29, 0.717) is 22.4 Å². The van der Waals surface area contributed by atoms with E-state index in [4.69, 9.17) is 11.0 Å². The Morgan fingerprint density at radius 3 is 2.79 bits per heavy atom. The highest BCUT2D eigenvalue weighted by Crippen LogP contribution is 2.32. The summed E-state index contributed by atoms with van der Waals surface area (Å²) in [6.07, 6.45) is 1.80. The first-order valence-electron chi connectivity index (χ1n) is 12.7. The van der Waals surface area contributed by atoms with Gasteiger partial charge in [-0.15, -0.1) is 0 Å². The van der Waals surface area contributed by atoms with Crippen molar-refractivity contribution in [2.24, 2.45) is 10.7 Å². The van der Waals surface area contributed by atoms with Crippen molar-refractivity contribution >= 4 is 34.9 Å². The number of Topliss-reactive ketones (excluding diaryl/α,β-unsaturated/α-hetero) is 1. The maximum absolute atomic E-state index is 14.5. The van der Waals surface area contributed by atoms with Gasteiger partial charge >= 0.3 is 0 Å². The molecule has 5 rings (SSSR count). The van der Waals surface area contributed by atoms with Crippen LogP contribution in [0.3, 0.4) is 0 Å². The molecule has 1 aliphatic rings. The van der Waals surface area contributed by atoms with Crippen LogP contribution in [0.1, 0.15) is 61.0 Å². The second kappa shape index (κ2) is 11.4. The van der Waals surface area contributed by atoms with Crippen molar-refractivity contribution in [1.82, 2.24) is 30.5 Å². The average Bonchev–Trinajstić information content (AvgIpc) is 3.49. The fraction of sp³-hybridized carbons (Fsp3) is 0.179. The number of amides is 2. The van der Waals surface area contributed by atoms with Gasteiger partial charge in [0.25, 0.3) is 11.8 Å². The van der Waals surface area contributed by atoms with Gasteiger partial charge in [-0.05, 0) is 41.8 Å². The topological polar surface area (TPSA) is 200 Å². The number of guanidine groups is 1. The van der Waals surface area contributed by atoms with E-state index < -0.39 is 29.8 Å². The van der Waals surface area contributed by atoms with Crippen LogP contribution in [0.15, 0.2) is 59.7 Å². The summed E-state index contributed by atoms with van der Waals surface area (Å²) in [5.41, 5.74) is 7.80. The Balaban J connectivity index is 1.37. The molecule has 1 aliphatic carbocycles. The third kappa shape index (κ3) is 5.62. The molecule has 0 saturated heterocycles. The van der Waals surface area contributed by atoms with Crippen molar-refractivity contribution in [3.8, 4) is 6.19 Å². The monoisotopic (exact) mass is 569 g/mol. The van der Waals surface area contributed by atoms with Crippen LogP contribution >= 0.6 is 0 Å². The van der Waals surface area contributed by atoms with Gasteiger partial charge in [-0.1, -0.05) is 24.3 Å². The Hall–Kier alpha value is -5.68. The number of aliphatic imine (C=N–C) groups is 1. The first-order chi connectivity index (χ1) is 20.1. The van der Waals surface area contributed by atoms with Gasteiger partial charge in [0.05, 0.1) is 24.0 Å². The summed E-state index contributed by atoms with van der Waals surface area (Å²) in [6, 6.07) is 12.1. The molecule has 4 aromatic rings. The molecular weight excluding hydrogens is 545 g/mol. The quantitative estimate of drug-likeness (QED) is 0.0717. The molecule has 42 heavy (non-hydrogen) atoms. The maximum atomic E-state index is 14.5. The standard InChI is InChI=1S/C28H24FN9O4/c1-14(39)16-5-6-19-17(8-16)9-23(40)24(19)37-27(42)22-10-21(36-25-20(29)12-34-38(22)25)26(41)32-11-15-3-2-4-18(7-15)35-28(31)33-13-30/h2-8,10,12,23-24,40H,9,11H2,1H3,(H,32,41)(H,37,42)(H3,31,33,35)/t23-,24-/m1/s1. The van der Waals surface area contributed by atoms with Crippen molar-refractivity contribution in [2.75, 3.05) is 0 Å². The molecular formula is C28H24FN9O4. The lowest BCUT2D eigenvalue weighted by Gasteiger charge is -2.18. The molecule has 13 nitrogen and oxygen atoms in total. The number of nitrogens with one attached hydrogen (secondary N) is 3. The predicted octanol–water partition coefficient (Wildman–Crippen LogP) is 1.41. The van der Waals surface area contributed by atoms with Crippen molar-refractivity contribution in [1.29, 1.82) is 5.26 Å². The van der Waals surface area contributed by atoms with Gasteiger partial charge in [0.1, 0.15) is 11.4 Å². The average molecular weight is 570 g/mol. The third-order valence-corrected chi connectivity index (χ3v) is 6.68. The lowest BCUT2D eigenvalue weighted by atomic mass is 10.0. The van der Waals surface area contributed by atoms with Gasteiger partial charge in [-0.3, -0.25) is 19.7 Å². The number of hydrogen-bond acceptors (Lipinski definition) is 8. The molecule has 2 heterocycles. The van der Waals surface area contributed by atoms with Crippen molar-refractivity contribution in [3.63, 3.8) is 0 Å². The SMILES string of the molecule is CC(=O)c1ccc2c(c1)C[C@@H](O)[C@@H]2NC(=O)c1cc(C(=O)NCc2cccc(N=C(N)NC#N)c2)nc2c(F)cnn12. The fourth-order valence-corrected chi connectivity index (χ4v) is 4.69. The van der Waals surface area contributed by atoms with Gasteiger partial charge in [0.15, 0.2) is 23.4 Å². The minimum Gasteiger partial charge on any atom is -0.390 e. The minimum absolute atomic E-state index is 0.0389. The van der Waals surface area contributed by atoms with E-state index in [9.17, 15) is 23.9 Å². The number of aliphatic hydroxyl groups excluding tert-OH is 1. The van der Waals surface area contributed by atoms with E-state index in [1.807, 2.05) is 0 Å². The number of nitrogens with zero attached hydrogens (tertiary/aromatic N) is 5. The van der Waals surface area contributed by atoms with Crippen LogP contribution in [0.2, 0.25) is 0 Å². The van der Waals surface area contributed by atoms with Crippen LogP contribution in [-0.2, 0) is 13.0 Å². The molecule has 0 fully saturated rings. The number of ketones is 1. The third-order valence-electron chi connectivity index (χ3n) is 6.68. The van der Waals surface area contributed by atoms with Gasteiger partial charge in [-0.25, -0.2) is 18.9 Å². The number of carbonyl (C=O) groups excluding carboxylic acids is 3. The Kier molecular flexibility index (Phi) is 7.59. The van der Waals surface area contributed by atoms with Gasteiger partial charge in [0, 0.05) is 24.6 Å². The smallest absolute Gasteiger partial charge is 0.270 e. The minimum atomic E-state index is -0.966. The summed E-state index contributed by atoms with van der Waals surface area (Å²) in [6.45, 7) is 1.48. The molecule has 0 bridgehead atoms. The highest BCUT2D eigenvalue weighted by Gasteiger charge is 2.33. The lowest BCUT2D eigenvalue weighted by Crippen LogP contribution is -2.35. The zero-order valence-corrected chi connectivity index (χ0v) is 22.1. The zero-order chi connectivity index (χ0) is 30.0. The van der Waals surface area contributed by atoms with Crippen molar-refractivity contribution in [3.05, 3.63) is 94.2 Å². The fourth-order valence-electron chi connectivity index (χ4n) is 4.69. The van der Waals surface area contributed by atoms with Crippen molar-refractivity contribution < 1.29 is 23.9 Å². The number of nitrogens with two attached hydrogens (primary N) is 1. The van der Waals surface area contributed by atoms with Crippen LogP contribution in [-0.4, -0.2) is 49.4 Å². The lowest BCUT2D eigenvalue weighted by molar-refractivity contribution is 0.0850. The van der Waals surface area contributed by atoms with Crippen molar-refractivity contribution in [2.45, 2.75) is 32.0 Å². The molecule has 0 spiro atoms. The number of aromatic nitrogens is 3. The molecule has 0 aliphatic heterocycles. The van der Waals surface area contributed by atoms with Crippen LogP contribution in [0, 0.1) is 17.3 Å². The van der Waals surface area contributed by atoms with E-state index in [2.05, 4.69) is 31.0 Å². The molecule has 2 aromatic carbocycles. The summed E-state index contributed by atoms with van der Waals surface area (Å²) in [4.78, 5) is 46.3. The number of nitriles is 1. The number of hydrogen-bond donors (Lipinski definition) is 5. The molecule has 14 heteroatoms. The predicted molar refractivity (Wildman–Crippen MR) is 147 cm³/mol. The van der Waals surface area contributed by atoms with E-state index in [-0.39, 0.29) is 41.7 Å². The van der Waals surface area contributed by atoms with E-state index in [1.54, 1.807) is 48.7 Å². The van der Waals surface area contributed by atoms with Gasteiger partial charge in [-0.2, -0.15) is 10.4 Å². The van der Waals surface area contributed by atoms with Crippen LogP contribution in [0.25, 0.3) is 5.65 Å². The number of rotatable bonds is 7. The molecule has 0 saturated carbocycles. The summed E-state index contributed by atoms with van der Waals surface area (Å²) < 4.78 is 15.5. The van der Waals surface area contributed by atoms with Gasteiger partial charge < -0.3 is 21.5 Å². The molecule has 2 amide bonds. The second-order valence-corrected chi connectivity index (χ2v) is 9.53. The number of aliphatic hydroxyl groups is 1. The van der Waals surface area contributed by atoms with E-state index in [1.165, 1.54) is 13.0 Å². The number of carbonyl (C=O) groups is 3. The molecule has 0 radical (unpaired) electrons. The highest BCUT2D eigenvalue weighted by molar-refractivity contribution is 5.98. The Morgan fingerprint density at radius 1 is 1.21 bits per heavy atom. The highest BCUT2D eigenvalue weighted by atomic mass is 19.1. The maximum Gasteiger partial charge on any atom is 0.270 e. The molecule has 0 unspecified atom stereocenters. The van der Waals surface area contributed by atoms with Crippen LogP contribution < -0.4 is 21.7 Å². The first kappa shape index (κ1) is 27.9. The Bertz CT molecular complexity index is 1810. The van der Waals surface area contributed by atoms with E-state index in [0.717, 1.165) is 16.3 Å². The number of fused-ring (bicyclic) bond motifs is 2. The number of halogens is 1. The largest absolute Gasteiger partial charge is 0.390 e. The number of benzene rings is 2. The molecule has 6 N–H and O–H groups in total. The molecule has 212 valence electrons.